The monoisotopic (exact) mass is 374 g/mol. The van der Waals surface area contributed by atoms with Crippen molar-refractivity contribution in [1.82, 2.24) is 20.0 Å². The van der Waals surface area contributed by atoms with Crippen molar-refractivity contribution in [3.63, 3.8) is 0 Å². The summed E-state index contributed by atoms with van der Waals surface area (Å²) in [6.07, 6.45) is 0.513. The van der Waals surface area contributed by atoms with Gasteiger partial charge in [-0.25, -0.2) is 4.79 Å². The minimum atomic E-state index is -0.828. The molecule has 0 aliphatic carbocycles. The molecule has 2 saturated heterocycles. The SMILES string of the molecule is CC1(C(=O)O)CCN(C(=O)NCCN2CCN(Cc3ccccc3)CC2)C1. The van der Waals surface area contributed by atoms with Crippen molar-refractivity contribution >= 4 is 12.0 Å². The Labute approximate surface area is 160 Å². The fourth-order valence-electron chi connectivity index (χ4n) is 3.75. The molecule has 0 saturated carbocycles. The second-order valence-electron chi connectivity index (χ2n) is 7.87. The van der Waals surface area contributed by atoms with Gasteiger partial charge < -0.3 is 15.3 Å². The number of carboxylic acids is 1. The molecule has 0 bridgehead atoms. The molecule has 0 radical (unpaired) electrons. The summed E-state index contributed by atoms with van der Waals surface area (Å²) < 4.78 is 0. The van der Waals surface area contributed by atoms with Crippen molar-refractivity contribution < 1.29 is 14.7 Å². The van der Waals surface area contributed by atoms with Gasteiger partial charge in [-0.2, -0.15) is 0 Å². The topological polar surface area (TPSA) is 76.1 Å². The molecule has 2 aliphatic rings. The highest BCUT2D eigenvalue weighted by molar-refractivity contribution is 5.79. The summed E-state index contributed by atoms with van der Waals surface area (Å²) in [5.41, 5.74) is 0.532. The predicted octanol–water partition coefficient (Wildman–Crippen LogP) is 1.31. The van der Waals surface area contributed by atoms with E-state index in [0.29, 0.717) is 19.5 Å². The van der Waals surface area contributed by atoms with E-state index in [2.05, 4.69) is 39.4 Å². The average Bonchev–Trinajstić information content (AvgIpc) is 3.08. The molecule has 1 unspecified atom stereocenters. The molecule has 2 fully saturated rings. The lowest BCUT2D eigenvalue weighted by Gasteiger charge is -2.34. The minimum absolute atomic E-state index is 0.150. The number of likely N-dealkylation sites (tertiary alicyclic amines) is 1. The quantitative estimate of drug-likeness (QED) is 0.785. The number of aliphatic carboxylic acids is 1. The Morgan fingerprint density at radius 1 is 1.07 bits per heavy atom. The maximum absolute atomic E-state index is 12.2. The third kappa shape index (κ3) is 5.20. The van der Waals surface area contributed by atoms with Gasteiger partial charge in [0.1, 0.15) is 0 Å². The van der Waals surface area contributed by atoms with Crippen molar-refractivity contribution in [3.05, 3.63) is 35.9 Å². The van der Waals surface area contributed by atoms with E-state index in [4.69, 9.17) is 0 Å². The number of carbonyl (C=O) groups excluding carboxylic acids is 1. The fraction of sp³-hybridized carbons (Fsp3) is 0.600. The second kappa shape index (κ2) is 8.71. The zero-order valence-corrected chi connectivity index (χ0v) is 16.1. The van der Waals surface area contributed by atoms with Gasteiger partial charge in [-0.1, -0.05) is 30.3 Å². The molecular weight excluding hydrogens is 344 g/mol. The number of amides is 2. The van der Waals surface area contributed by atoms with Crippen LogP contribution in [0, 0.1) is 5.41 Å². The Morgan fingerprint density at radius 2 is 1.74 bits per heavy atom. The van der Waals surface area contributed by atoms with Crippen LogP contribution in [0.4, 0.5) is 4.79 Å². The van der Waals surface area contributed by atoms with Crippen LogP contribution in [0.1, 0.15) is 18.9 Å². The van der Waals surface area contributed by atoms with E-state index < -0.39 is 11.4 Å². The molecule has 7 nitrogen and oxygen atoms in total. The molecule has 2 amide bonds. The van der Waals surface area contributed by atoms with Crippen molar-refractivity contribution in [2.75, 3.05) is 52.4 Å². The van der Waals surface area contributed by atoms with Crippen LogP contribution in [0.15, 0.2) is 30.3 Å². The molecular formula is C20H30N4O3. The van der Waals surface area contributed by atoms with Gasteiger partial charge in [-0.3, -0.25) is 14.6 Å². The van der Waals surface area contributed by atoms with Gasteiger partial charge in [0.25, 0.3) is 0 Å². The van der Waals surface area contributed by atoms with Crippen LogP contribution in [-0.4, -0.2) is 84.2 Å². The number of hydrogen-bond acceptors (Lipinski definition) is 4. The van der Waals surface area contributed by atoms with Crippen LogP contribution in [0.25, 0.3) is 0 Å². The lowest BCUT2D eigenvalue weighted by atomic mass is 9.90. The summed E-state index contributed by atoms with van der Waals surface area (Å²) in [6, 6.07) is 10.4. The summed E-state index contributed by atoms with van der Waals surface area (Å²) in [5.74, 6) is -0.828. The van der Waals surface area contributed by atoms with E-state index in [-0.39, 0.29) is 12.6 Å². The van der Waals surface area contributed by atoms with Gasteiger partial charge in [0.05, 0.1) is 5.41 Å². The number of rotatable bonds is 6. The van der Waals surface area contributed by atoms with Crippen LogP contribution in [0.5, 0.6) is 0 Å². The predicted molar refractivity (Wildman–Crippen MR) is 103 cm³/mol. The summed E-state index contributed by atoms with van der Waals surface area (Å²) >= 11 is 0. The van der Waals surface area contributed by atoms with Crippen LogP contribution in [-0.2, 0) is 11.3 Å². The first-order valence-electron chi connectivity index (χ1n) is 9.71. The number of hydrogen-bond donors (Lipinski definition) is 2. The van der Waals surface area contributed by atoms with Crippen molar-refractivity contribution in [3.8, 4) is 0 Å². The minimum Gasteiger partial charge on any atom is -0.481 e. The van der Waals surface area contributed by atoms with Gasteiger partial charge in [0, 0.05) is 58.9 Å². The van der Waals surface area contributed by atoms with Crippen LogP contribution < -0.4 is 5.32 Å². The molecule has 1 aromatic rings. The largest absolute Gasteiger partial charge is 0.481 e. The molecule has 7 heteroatoms. The molecule has 0 spiro atoms. The number of nitrogens with one attached hydrogen (secondary N) is 1. The van der Waals surface area contributed by atoms with Gasteiger partial charge in [-0.15, -0.1) is 0 Å². The van der Waals surface area contributed by atoms with Crippen molar-refractivity contribution in [2.24, 2.45) is 5.41 Å². The summed E-state index contributed by atoms with van der Waals surface area (Å²) in [7, 11) is 0. The Bertz CT molecular complexity index is 646. The Balaban J connectivity index is 1.32. The molecule has 3 rings (SSSR count). The van der Waals surface area contributed by atoms with Gasteiger partial charge in [0.15, 0.2) is 0 Å². The number of benzene rings is 1. The Hall–Kier alpha value is -2.12. The first-order valence-corrected chi connectivity index (χ1v) is 9.71. The molecule has 2 heterocycles. The number of carbonyl (C=O) groups is 2. The van der Waals surface area contributed by atoms with E-state index in [9.17, 15) is 14.7 Å². The summed E-state index contributed by atoms with van der Waals surface area (Å²) in [5, 5.41) is 12.2. The first kappa shape index (κ1) is 19.6. The third-order valence-electron chi connectivity index (χ3n) is 5.70. The van der Waals surface area contributed by atoms with Gasteiger partial charge in [-0.05, 0) is 18.9 Å². The van der Waals surface area contributed by atoms with Crippen LogP contribution >= 0.6 is 0 Å². The lowest BCUT2D eigenvalue weighted by Crippen LogP contribution is -2.49. The van der Waals surface area contributed by atoms with Crippen LogP contribution in [0.3, 0.4) is 0 Å². The van der Waals surface area contributed by atoms with Gasteiger partial charge >= 0.3 is 12.0 Å². The maximum Gasteiger partial charge on any atom is 0.317 e. The Morgan fingerprint density at radius 3 is 2.37 bits per heavy atom. The highest BCUT2D eigenvalue weighted by Gasteiger charge is 2.42. The van der Waals surface area contributed by atoms with Gasteiger partial charge in [0.2, 0.25) is 0 Å². The Kier molecular flexibility index (Phi) is 6.34. The van der Waals surface area contributed by atoms with Crippen LogP contribution in [0.2, 0.25) is 0 Å². The third-order valence-corrected chi connectivity index (χ3v) is 5.70. The molecule has 2 N–H and O–H groups in total. The first-order chi connectivity index (χ1) is 13.0. The van der Waals surface area contributed by atoms with E-state index >= 15 is 0 Å². The molecule has 1 aromatic carbocycles. The number of piperazine rings is 1. The maximum atomic E-state index is 12.2. The molecule has 1 atom stereocenters. The zero-order valence-electron chi connectivity index (χ0n) is 16.1. The number of urea groups is 1. The summed E-state index contributed by atoms with van der Waals surface area (Å²) in [6.45, 7) is 8.98. The smallest absolute Gasteiger partial charge is 0.317 e. The number of nitrogens with zero attached hydrogens (tertiary/aromatic N) is 3. The van der Waals surface area contributed by atoms with E-state index in [1.54, 1.807) is 11.8 Å². The van der Waals surface area contributed by atoms with Crippen molar-refractivity contribution in [1.29, 1.82) is 0 Å². The average molecular weight is 374 g/mol. The highest BCUT2D eigenvalue weighted by atomic mass is 16.4. The lowest BCUT2D eigenvalue weighted by molar-refractivity contribution is -0.147. The molecule has 2 aliphatic heterocycles. The molecule has 27 heavy (non-hydrogen) atoms. The normalized spacial score (nSPS) is 24.1. The summed E-state index contributed by atoms with van der Waals surface area (Å²) in [4.78, 5) is 30.0. The second-order valence-corrected chi connectivity index (χ2v) is 7.87. The fourth-order valence-corrected chi connectivity index (χ4v) is 3.75. The zero-order chi connectivity index (χ0) is 19.3. The van der Waals surface area contributed by atoms with E-state index in [1.807, 2.05) is 6.07 Å². The highest BCUT2D eigenvalue weighted by Crippen LogP contribution is 2.29. The van der Waals surface area contributed by atoms with Crippen molar-refractivity contribution in [2.45, 2.75) is 19.9 Å². The van der Waals surface area contributed by atoms with E-state index in [0.717, 1.165) is 39.3 Å². The molecule has 148 valence electrons. The standard InChI is InChI=1S/C20H30N4O3/c1-20(18(25)26)7-9-24(16-20)19(27)21-8-10-22-11-13-23(14-12-22)15-17-5-3-2-4-6-17/h2-6H,7-16H2,1H3,(H,21,27)(H,25,26). The molecule has 0 aromatic heterocycles. The van der Waals surface area contributed by atoms with E-state index in [1.165, 1.54) is 5.56 Å². The number of carboxylic acid groups (broad SMARTS) is 1.